The molecule has 4 heteroatoms. The minimum atomic E-state index is 0.116. The molecular weight excluding hydrogens is 226 g/mol. The Kier molecular flexibility index (Phi) is 4.70. The number of rotatable bonds is 4. The molecule has 98 valence electrons. The Morgan fingerprint density at radius 1 is 1.50 bits per heavy atom. The van der Waals surface area contributed by atoms with Crippen LogP contribution in [0.4, 0.5) is 0 Å². The van der Waals surface area contributed by atoms with Gasteiger partial charge in [0.05, 0.1) is 5.56 Å². The zero-order valence-corrected chi connectivity index (χ0v) is 10.9. The maximum Gasteiger partial charge on any atom is 0.255 e. The molecule has 0 bridgehead atoms. The van der Waals surface area contributed by atoms with Crippen molar-refractivity contribution in [3.8, 4) is 0 Å². The topological polar surface area (TPSA) is 45.2 Å². The normalized spacial score (nSPS) is 16.8. The highest BCUT2D eigenvalue weighted by Crippen LogP contribution is 2.18. The van der Waals surface area contributed by atoms with E-state index in [1.54, 1.807) is 12.4 Å². The number of pyridine rings is 1. The lowest BCUT2D eigenvalue weighted by Crippen LogP contribution is -2.40. The third-order valence-corrected chi connectivity index (χ3v) is 3.49. The van der Waals surface area contributed by atoms with Gasteiger partial charge in [-0.05, 0) is 44.0 Å². The molecule has 1 aliphatic heterocycles. The number of carbonyl (C=O) groups is 1. The summed E-state index contributed by atoms with van der Waals surface area (Å²) in [6, 6.07) is 3.64. The van der Waals surface area contributed by atoms with Crippen LogP contribution >= 0.6 is 0 Å². The van der Waals surface area contributed by atoms with E-state index in [1.165, 1.54) is 0 Å². The molecule has 1 fully saturated rings. The maximum absolute atomic E-state index is 12.2. The van der Waals surface area contributed by atoms with Crippen molar-refractivity contribution < 1.29 is 4.79 Å². The second kappa shape index (κ2) is 6.50. The first-order valence-electron chi connectivity index (χ1n) is 6.71. The molecule has 1 amide bonds. The molecule has 1 aliphatic rings. The van der Waals surface area contributed by atoms with Crippen LogP contribution < -0.4 is 5.32 Å². The SMILES string of the molecule is CCNCC1CCN(C(=O)c2cccnc2)CC1. The summed E-state index contributed by atoms with van der Waals surface area (Å²) in [5, 5.41) is 3.38. The van der Waals surface area contributed by atoms with E-state index in [1.807, 2.05) is 17.0 Å². The predicted octanol–water partition coefficient (Wildman–Crippen LogP) is 1.54. The lowest BCUT2D eigenvalue weighted by molar-refractivity contribution is 0.0690. The van der Waals surface area contributed by atoms with E-state index in [0.29, 0.717) is 11.5 Å². The Bertz CT molecular complexity index is 372. The van der Waals surface area contributed by atoms with Gasteiger partial charge in [-0.15, -0.1) is 0 Å². The van der Waals surface area contributed by atoms with Crippen LogP contribution in [0.3, 0.4) is 0 Å². The average molecular weight is 247 g/mol. The predicted molar refractivity (Wildman–Crippen MR) is 71.4 cm³/mol. The van der Waals surface area contributed by atoms with Crippen LogP contribution in [0.25, 0.3) is 0 Å². The first-order valence-corrected chi connectivity index (χ1v) is 6.71. The molecule has 0 atom stereocenters. The third-order valence-electron chi connectivity index (χ3n) is 3.49. The van der Waals surface area contributed by atoms with E-state index in [9.17, 15) is 4.79 Å². The molecule has 0 unspecified atom stereocenters. The summed E-state index contributed by atoms with van der Waals surface area (Å²) in [5.74, 6) is 0.827. The molecule has 0 aromatic carbocycles. The number of hydrogen-bond acceptors (Lipinski definition) is 3. The van der Waals surface area contributed by atoms with Gasteiger partial charge in [0.25, 0.3) is 5.91 Å². The fourth-order valence-corrected chi connectivity index (χ4v) is 2.36. The van der Waals surface area contributed by atoms with E-state index in [4.69, 9.17) is 0 Å². The van der Waals surface area contributed by atoms with Gasteiger partial charge in [-0.25, -0.2) is 0 Å². The van der Waals surface area contributed by atoms with Crippen molar-refractivity contribution in [1.82, 2.24) is 15.2 Å². The number of hydrogen-bond donors (Lipinski definition) is 1. The quantitative estimate of drug-likeness (QED) is 0.878. The number of amides is 1. The van der Waals surface area contributed by atoms with Crippen LogP contribution in [0.2, 0.25) is 0 Å². The zero-order valence-electron chi connectivity index (χ0n) is 10.9. The molecule has 2 heterocycles. The minimum Gasteiger partial charge on any atom is -0.339 e. The molecule has 0 spiro atoms. The van der Waals surface area contributed by atoms with Gasteiger partial charge in [-0.1, -0.05) is 6.92 Å². The number of nitrogens with zero attached hydrogens (tertiary/aromatic N) is 2. The molecule has 1 N–H and O–H groups in total. The van der Waals surface area contributed by atoms with Gasteiger partial charge in [-0.2, -0.15) is 0 Å². The molecule has 0 saturated carbocycles. The Morgan fingerprint density at radius 2 is 2.28 bits per heavy atom. The molecule has 1 aromatic heterocycles. The first-order chi connectivity index (χ1) is 8.81. The van der Waals surface area contributed by atoms with Gasteiger partial charge in [0.2, 0.25) is 0 Å². The van der Waals surface area contributed by atoms with Crippen molar-refractivity contribution in [1.29, 1.82) is 0 Å². The van der Waals surface area contributed by atoms with Crippen molar-refractivity contribution in [2.24, 2.45) is 5.92 Å². The molecule has 0 radical (unpaired) electrons. The van der Waals surface area contributed by atoms with Crippen LogP contribution in [0.5, 0.6) is 0 Å². The Labute approximate surface area is 108 Å². The van der Waals surface area contributed by atoms with Crippen molar-refractivity contribution >= 4 is 5.91 Å². The van der Waals surface area contributed by atoms with Crippen molar-refractivity contribution in [2.45, 2.75) is 19.8 Å². The highest BCUT2D eigenvalue weighted by Gasteiger charge is 2.23. The number of aromatic nitrogens is 1. The second-order valence-corrected chi connectivity index (χ2v) is 4.78. The van der Waals surface area contributed by atoms with Crippen molar-refractivity contribution in [3.63, 3.8) is 0 Å². The smallest absolute Gasteiger partial charge is 0.255 e. The molecule has 2 rings (SSSR count). The molecule has 1 aromatic rings. The van der Waals surface area contributed by atoms with Gasteiger partial charge >= 0.3 is 0 Å². The van der Waals surface area contributed by atoms with E-state index < -0.39 is 0 Å². The van der Waals surface area contributed by atoms with Crippen LogP contribution in [-0.4, -0.2) is 42.0 Å². The van der Waals surface area contributed by atoms with Crippen molar-refractivity contribution in [2.75, 3.05) is 26.2 Å². The maximum atomic E-state index is 12.2. The Balaban J connectivity index is 1.84. The second-order valence-electron chi connectivity index (χ2n) is 4.78. The number of carbonyl (C=O) groups excluding carboxylic acids is 1. The monoisotopic (exact) mass is 247 g/mol. The molecule has 18 heavy (non-hydrogen) atoms. The van der Waals surface area contributed by atoms with Gasteiger partial charge in [0.15, 0.2) is 0 Å². The van der Waals surface area contributed by atoms with Gasteiger partial charge in [-0.3, -0.25) is 9.78 Å². The summed E-state index contributed by atoms with van der Waals surface area (Å²) < 4.78 is 0. The van der Waals surface area contributed by atoms with Crippen LogP contribution in [0.15, 0.2) is 24.5 Å². The van der Waals surface area contributed by atoms with Gasteiger partial charge in [0.1, 0.15) is 0 Å². The van der Waals surface area contributed by atoms with Crippen LogP contribution in [0.1, 0.15) is 30.1 Å². The van der Waals surface area contributed by atoms with E-state index in [2.05, 4.69) is 17.2 Å². The van der Waals surface area contributed by atoms with Gasteiger partial charge in [0, 0.05) is 25.5 Å². The van der Waals surface area contributed by atoms with E-state index in [0.717, 1.165) is 39.0 Å². The molecule has 4 nitrogen and oxygen atoms in total. The van der Waals surface area contributed by atoms with Crippen molar-refractivity contribution in [3.05, 3.63) is 30.1 Å². The fraction of sp³-hybridized carbons (Fsp3) is 0.571. The first kappa shape index (κ1) is 13.0. The summed E-state index contributed by atoms with van der Waals surface area (Å²) in [4.78, 5) is 18.1. The minimum absolute atomic E-state index is 0.116. The number of nitrogens with one attached hydrogen (secondary N) is 1. The number of likely N-dealkylation sites (tertiary alicyclic amines) is 1. The Hall–Kier alpha value is -1.42. The Morgan fingerprint density at radius 3 is 2.89 bits per heavy atom. The molecular formula is C14H21N3O. The van der Waals surface area contributed by atoms with Gasteiger partial charge < -0.3 is 10.2 Å². The van der Waals surface area contributed by atoms with Crippen LogP contribution in [-0.2, 0) is 0 Å². The lowest BCUT2D eigenvalue weighted by Gasteiger charge is -2.32. The summed E-state index contributed by atoms with van der Waals surface area (Å²) in [6.45, 7) is 5.95. The average Bonchev–Trinajstić information content (AvgIpc) is 2.46. The zero-order chi connectivity index (χ0) is 12.8. The fourth-order valence-electron chi connectivity index (χ4n) is 2.36. The van der Waals surface area contributed by atoms with Crippen LogP contribution in [0, 0.1) is 5.92 Å². The molecule has 1 saturated heterocycles. The standard InChI is InChI=1S/C14H21N3O/c1-2-15-10-12-5-8-17(9-6-12)14(18)13-4-3-7-16-11-13/h3-4,7,11-12,15H,2,5-6,8-10H2,1H3. The summed E-state index contributed by atoms with van der Waals surface area (Å²) in [6.07, 6.45) is 5.53. The highest BCUT2D eigenvalue weighted by molar-refractivity contribution is 5.93. The third kappa shape index (κ3) is 3.29. The largest absolute Gasteiger partial charge is 0.339 e. The summed E-state index contributed by atoms with van der Waals surface area (Å²) >= 11 is 0. The number of piperidine rings is 1. The highest BCUT2D eigenvalue weighted by atomic mass is 16.2. The van der Waals surface area contributed by atoms with E-state index in [-0.39, 0.29) is 5.91 Å². The molecule has 0 aliphatic carbocycles. The summed E-state index contributed by atoms with van der Waals surface area (Å²) in [5.41, 5.74) is 0.697. The summed E-state index contributed by atoms with van der Waals surface area (Å²) in [7, 11) is 0. The lowest BCUT2D eigenvalue weighted by atomic mass is 9.96. The van der Waals surface area contributed by atoms with E-state index >= 15 is 0 Å².